The Balaban J connectivity index is 2.15. The minimum Gasteiger partial charge on any atom is -0.444 e. The Morgan fingerprint density at radius 3 is 2.71 bits per heavy atom. The number of hydrogen-bond acceptors (Lipinski definition) is 3. The van der Waals surface area contributed by atoms with Gasteiger partial charge in [0.05, 0.1) is 0 Å². The average molecular weight is 328 g/mol. The van der Waals surface area contributed by atoms with Crippen molar-refractivity contribution in [3.05, 3.63) is 35.4 Å². The lowest BCUT2D eigenvalue weighted by molar-refractivity contribution is -0.115. The topological polar surface area (TPSA) is 58.6 Å². The maximum absolute atomic E-state index is 12.4. The first kappa shape index (κ1) is 17.9. The molecule has 0 saturated carbocycles. The summed E-state index contributed by atoms with van der Waals surface area (Å²) < 4.78 is 5.48. The molecule has 24 heavy (non-hydrogen) atoms. The lowest BCUT2D eigenvalue weighted by Gasteiger charge is -2.35. The first-order chi connectivity index (χ1) is 11.3. The molecule has 1 heterocycles. The molecule has 1 aromatic rings. The molecule has 0 aliphatic carbocycles. The highest BCUT2D eigenvalue weighted by molar-refractivity contribution is 5.93. The Morgan fingerprint density at radius 2 is 2.04 bits per heavy atom. The number of hydrogen-bond donors (Lipinski definition) is 1. The van der Waals surface area contributed by atoms with E-state index >= 15 is 0 Å². The van der Waals surface area contributed by atoms with Crippen LogP contribution in [-0.4, -0.2) is 35.6 Å². The zero-order chi connectivity index (χ0) is 17.7. The van der Waals surface area contributed by atoms with Gasteiger partial charge in [-0.2, -0.15) is 0 Å². The number of rotatable bonds is 2. The van der Waals surface area contributed by atoms with E-state index in [1.54, 1.807) is 11.8 Å². The Kier molecular flexibility index (Phi) is 5.50. The first-order valence-electron chi connectivity index (χ1n) is 8.06. The summed E-state index contributed by atoms with van der Waals surface area (Å²) in [6.45, 7) is 8.64. The highest BCUT2D eigenvalue weighted by atomic mass is 16.6. The molecule has 1 atom stereocenters. The van der Waals surface area contributed by atoms with Gasteiger partial charge in [-0.3, -0.25) is 4.79 Å². The Morgan fingerprint density at radius 1 is 1.33 bits per heavy atom. The van der Waals surface area contributed by atoms with E-state index in [0.29, 0.717) is 19.6 Å². The molecular weight excluding hydrogens is 304 g/mol. The van der Waals surface area contributed by atoms with Crippen LogP contribution >= 0.6 is 0 Å². The molecule has 0 spiro atoms. The molecule has 128 valence electrons. The minimum absolute atomic E-state index is 0.0186. The number of amides is 2. The summed E-state index contributed by atoms with van der Waals surface area (Å²) in [5, 5.41) is 2.81. The molecule has 5 heteroatoms. The number of carbonyl (C=O) groups excluding carboxylic acids is 2. The van der Waals surface area contributed by atoms with Gasteiger partial charge >= 0.3 is 6.09 Å². The second kappa shape index (κ2) is 7.39. The van der Waals surface area contributed by atoms with Crippen molar-refractivity contribution in [2.45, 2.75) is 45.8 Å². The van der Waals surface area contributed by atoms with Crippen LogP contribution in [0.5, 0.6) is 0 Å². The van der Waals surface area contributed by atoms with Crippen LogP contribution in [0.1, 0.15) is 44.7 Å². The van der Waals surface area contributed by atoms with E-state index in [1.807, 2.05) is 45.0 Å². The van der Waals surface area contributed by atoms with Crippen LogP contribution in [0.4, 0.5) is 4.79 Å². The van der Waals surface area contributed by atoms with E-state index < -0.39 is 5.60 Å². The Bertz CT molecular complexity index is 680. The van der Waals surface area contributed by atoms with E-state index in [4.69, 9.17) is 4.74 Å². The van der Waals surface area contributed by atoms with Crippen molar-refractivity contribution in [3.8, 4) is 11.8 Å². The standard InChI is InChI=1S/C19H24N2O3/c1-5-8-17(22)20-11-15-13-21(18(23)24-19(2,3)4)12-14-9-6-7-10-16(14)15/h6-7,9-10,15H,11-13H2,1-4H3,(H,20,22). The van der Waals surface area contributed by atoms with Crippen molar-refractivity contribution < 1.29 is 14.3 Å². The Labute approximate surface area is 143 Å². The van der Waals surface area contributed by atoms with Gasteiger partial charge in [-0.15, -0.1) is 0 Å². The molecule has 1 aromatic carbocycles. The molecule has 0 bridgehead atoms. The molecular formula is C19H24N2O3. The van der Waals surface area contributed by atoms with Crippen molar-refractivity contribution in [1.29, 1.82) is 0 Å². The van der Waals surface area contributed by atoms with Gasteiger partial charge in [-0.25, -0.2) is 4.79 Å². The molecule has 0 saturated heterocycles. The van der Waals surface area contributed by atoms with Gasteiger partial charge in [-0.1, -0.05) is 30.2 Å². The third kappa shape index (κ3) is 4.76. The predicted molar refractivity (Wildman–Crippen MR) is 92.3 cm³/mol. The molecule has 1 N–H and O–H groups in total. The van der Waals surface area contributed by atoms with Crippen LogP contribution in [0.2, 0.25) is 0 Å². The van der Waals surface area contributed by atoms with Crippen LogP contribution in [0, 0.1) is 11.8 Å². The third-order valence-electron chi connectivity index (χ3n) is 3.70. The van der Waals surface area contributed by atoms with Gasteiger partial charge < -0.3 is 15.0 Å². The van der Waals surface area contributed by atoms with Gasteiger partial charge in [0.2, 0.25) is 0 Å². The molecule has 5 nitrogen and oxygen atoms in total. The summed E-state index contributed by atoms with van der Waals surface area (Å²) in [5.74, 6) is 4.77. The number of fused-ring (bicyclic) bond motifs is 1. The lowest BCUT2D eigenvalue weighted by atomic mass is 9.90. The van der Waals surface area contributed by atoms with Gasteiger partial charge in [0, 0.05) is 25.6 Å². The fraction of sp³-hybridized carbons (Fsp3) is 0.474. The van der Waals surface area contributed by atoms with Gasteiger partial charge in [0.25, 0.3) is 5.91 Å². The van der Waals surface area contributed by atoms with Crippen molar-refractivity contribution in [2.24, 2.45) is 0 Å². The van der Waals surface area contributed by atoms with Crippen molar-refractivity contribution in [1.82, 2.24) is 10.2 Å². The summed E-state index contributed by atoms with van der Waals surface area (Å²) in [6, 6.07) is 7.98. The summed E-state index contributed by atoms with van der Waals surface area (Å²) in [6.07, 6.45) is -0.332. The molecule has 2 amide bonds. The normalized spacial score (nSPS) is 16.5. The lowest BCUT2D eigenvalue weighted by Crippen LogP contribution is -2.44. The van der Waals surface area contributed by atoms with Gasteiger partial charge in [0.15, 0.2) is 0 Å². The zero-order valence-corrected chi connectivity index (χ0v) is 14.7. The van der Waals surface area contributed by atoms with Crippen molar-refractivity contribution in [3.63, 3.8) is 0 Å². The number of ether oxygens (including phenoxy) is 1. The largest absolute Gasteiger partial charge is 0.444 e. The molecule has 0 fully saturated rings. The van der Waals surface area contributed by atoms with E-state index in [1.165, 1.54) is 0 Å². The summed E-state index contributed by atoms with van der Waals surface area (Å²) in [4.78, 5) is 25.7. The van der Waals surface area contributed by atoms with E-state index in [2.05, 4.69) is 17.2 Å². The van der Waals surface area contributed by atoms with Gasteiger partial charge in [0.1, 0.15) is 5.60 Å². The van der Waals surface area contributed by atoms with Crippen LogP contribution in [0.15, 0.2) is 24.3 Å². The molecule has 1 aliphatic rings. The third-order valence-corrected chi connectivity index (χ3v) is 3.70. The maximum Gasteiger partial charge on any atom is 0.410 e. The highest BCUT2D eigenvalue weighted by Gasteiger charge is 2.30. The minimum atomic E-state index is -0.533. The molecule has 1 unspecified atom stereocenters. The number of carbonyl (C=O) groups is 2. The molecule has 2 rings (SSSR count). The van der Waals surface area contributed by atoms with E-state index in [9.17, 15) is 9.59 Å². The molecule has 1 aliphatic heterocycles. The zero-order valence-electron chi connectivity index (χ0n) is 14.7. The van der Waals surface area contributed by atoms with Crippen LogP contribution < -0.4 is 5.32 Å². The van der Waals surface area contributed by atoms with Crippen LogP contribution in [0.3, 0.4) is 0 Å². The summed E-state index contributed by atoms with van der Waals surface area (Å²) >= 11 is 0. The SMILES string of the molecule is CC#CC(=O)NCC1CN(C(=O)OC(C)(C)C)Cc2ccccc21. The summed E-state index contributed by atoms with van der Waals surface area (Å²) in [7, 11) is 0. The van der Waals surface area contributed by atoms with E-state index in [0.717, 1.165) is 11.1 Å². The van der Waals surface area contributed by atoms with E-state index in [-0.39, 0.29) is 17.9 Å². The maximum atomic E-state index is 12.4. The average Bonchev–Trinajstić information content (AvgIpc) is 2.51. The smallest absolute Gasteiger partial charge is 0.410 e. The van der Waals surface area contributed by atoms with Gasteiger partial charge in [-0.05, 0) is 44.7 Å². The molecule has 0 radical (unpaired) electrons. The number of nitrogens with one attached hydrogen (secondary N) is 1. The van der Waals surface area contributed by atoms with Crippen molar-refractivity contribution >= 4 is 12.0 Å². The molecule has 0 aromatic heterocycles. The number of nitrogens with zero attached hydrogens (tertiary/aromatic N) is 1. The fourth-order valence-electron chi connectivity index (χ4n) is 2.72. The second-order valence-corrected chi connectivity index (χ2v) is 6.84. The Hall–Kier alpha value is -2.48. The summed E-state index contributed by atoms with van der Waals surface area (Å²) in [5.41, 5.74) is 1.70. The quantitative estimate of drug-likeness (QED) is 0.849. The monoisotopic (exact) mass is 328 g/mol. The highest BCUT2D eigenvalue weighted by Crippen LogP contribution is 2.28. The second-order valence-electron chi connectivity index (χ2n) is 6.84. The fourth-order valence-corrected chi connectivity index (χ4v) is 2.72. The van der Waals surface area contributed by atoms with Crippen molar-refractivity contribution in [2.75, 3.05) is 13.1 Å². The van der Waals surface area contributed by atoms with Crippen LogP contribution in [-0.2, 0) is 16.1 Å². The predicted octanol–water partition coefficient (Wildman–Crippen LogP) is 2.66. The first-order valence-corrected chi connectivity index (χ1v) is 8.06. The van der Waals surface area contributed by atoms with Crippen LogP contribution in [0.25, 0.3) is 0 Å². The number of benzene rings is 1.